The van der Waals surface area contributed by atoms with E-state index in [0.29, 0.717) is 0 Å². The Labute approximate surface area is 106 Å². The maximum absolute atomic E-state index is 11.9. The van der Waals surface area contributed by atoms with Gasteiger partial charge in [-0.3, -0.25) is 4.79 Å². The van der Waals surface area contributed by atoms with Crippen LogP contribution in [0, 0.1) is 11.8 Å². The van der Waals surface area contributed by atoms with Gasteiger partial charge in [-0.2, -0.15) is 0 Å². The van der Waals surface area contributed by atoms with Crippen molar-refractivity contribution in [2.24, 2.45) is 11.8 Å². The summed E-state index contributed by atoms with van der Waals surface area (Å²) in [7, 11) is 0. The third-order valence-corrected chi connectivity index (χ3v) is 3.97. The first-order chi connectivity index (χ1) is 8.65. The molecular weight excluding hydrogens is 234 g/mol. The molecule has 1 saturated heterocycles. The van der Waals surface area contributed by atoms with Gasteiger partial charge in [-0.25, -0.2) is 4.79 Å². The zero-order valence-electron chi connectivity index (χ0n) is 10.4. The Morgan fingerprint density at radius 2 is 2.11 bits per heavy atom. The number of amides is 1. The third-order valence-electron chi connectivity index (χ3n) is 3.97. The van der Waals surface area contributed by atoms with Gasteiger partial charge in [0.15, 0.2) is 0 Å². The van der Waals surface area contributed by atoms with Crippen LogP contribution in [0.1, 0.15) is 25.7 Å². The van der Waals surface area contributed by atoms with Crippen molar-refractivity contribution in [1.29, 1.82) is 0 Å². The van der Waals surface area contributed by atoms with E-state index in [9.17, 15) is 14.7 Å². The third kappa shape index (κ3) is 2.35. The summed E-state index contributed by atoms with van der Waals surface area (Å²) in [6, 6.07) is 0.0390. The normalized spacial score (nSPS) is 30.7. The van der Waals surface area contributed by atoms with E-state index in [2.05, 4.69) is 6.58 Å². The molecule has 3 atom stereocenters. The molecule has 1 aliphatic heterocycles. The minimum atomic E-state index is -0.800. The van der Waals surface area contributed by atoms with Crippen LogP contribution in [0.4, 0.5) is 4.79 Å². The quantitative estimate of drug-likeness (QED) is 0.780. The van der Waals surface area contributed by atoms with Gasteiger partial charge in [-0.1, -0.05) is 25.5 Å². The van der Waals surface area contributed by atoms with E-state index in [-0.39, 0.29) is 25.1 Å². The second-order valence-electron chi connectivity index (χ2n) is 4.98. The lowest BCUT2D eigenvalue weighted by Gasteiger charge is -2.31. The first-order valence-corrected chi connectivity index (χ1v) is 6.42. The molecule has 1 saturated carbocycles. The SMILES string of the molecule is C=CCOC(=O)N1CC(C(=O)O)C2CCCCC21. The Balaban J connectivity index is 2.09. The van der Waals surface area contributed by atoms with Crippen LogP contribution in [0.15, 0.2) is 12.7 Å². The number of carbonyl (C=O) groups is 2. The van der Waals surface area contributed by atoms with E-state index in [0.717, 1.165) is 25.7 Å². The number of aliphatic carboxylic acids is 1. The summed E-state index contributed by atoms with van der Waals surface area (Å²) < 4.78 is 5.03. The smallest absolute Gasteiger partial charge is 0.410 e. The fourth-order valence-corrected chi connectivity index (χ4v) is 3.16. The van der Waals surface area contributed by atoms with Crippen LogP contribution in [0.25, 0.3) is 0 Å². The topological polar surface area (TPSA) is 66.8 Å². The lowest BCUT2D eigenvalue weighted by molar-refractivity contribution is -0.142. The highest BCUT2D eigenvalue weighted by Gasteiger charge is 2.48. The maximum atomic E-state index is 11.9. The summed E-state index contributed by atoms with van der Waals surface area (Å²) in [5, 5.41) is 9.23. The molecule has 3 unspecified atom stereocenters. The van der Waals surface area contributed by atoms with E-state index in [1.165, 1.54) is 6.08 Å². The van der Waals surface area contributed by atoms with Crippen molar-refractivity contribution in [2.45, 2.75) is 31.7 Å². The van der Waals surface area contributed by atoms with Gasteiger partial charge < -0.3 is 14.7 Å². The van der Waals surface area contributed by atoms with Gasteiger partial charge in [0.1, 0.15) is 6.61 Å². The molecule has 1 aliphatic carbocycles. The molecule has 0 aromatic carbocycles. The lowest BCUT2D eigenvalue weighted by atomic mass is 9.80. The van der Waals surface area contributed by atoms with Crippen LogP contribution < -0.4 is 0 Å². The van der Waals surface area contributed by atoms with Crippen LogP contribution in [0.3, 0.4) is 0 Å². The first-order valence-electron chi connectivity index (χ1n) is 6.42. The molecule has 5 nitrogen and oxygen atoms in total. The molecule has 1 amide bonds. The van der Waals surface area contributed by atoms with E-state index >= 15 is 0 Å². The van der Waals surface area contributed by atoms with Gasteiger partial charge in [0.25, 0.3) is 0 Å². The number of hydrogen-bond acceptors (Lipinski definition) is 3. The van der Waals surface area contributed by atoms with Crippen molar-refractivity contribution in [3.8, 4) is 0 Å². The molecule has 100 valence electrons. The van der Waals surface area contributed by atoms with Crippen molar-refractivity contribution in [3.05, 3.63) is 12.7 Å². The lowest BCUT2D eigenvalue weighted by Crippen LogP contribution is -2.39. The standard InChI is InChI=1S/C13H19NO4/c1-2-7-18-13(17)14-8-10(12(15)16)9-5-3-4-6-11(9)14/h2,9-11H,1,3-8H2,(H,15,16). The summed E-state index contributed by atoms with van der Waals surface area (Å²) in [5.41, 5.74) is 0. The van der Waals surface area contributed by atoms with Gasteiger partial charge in [-0.05, 0) is 18.8 Å². The Bertz CT molecular complexity index is 355. The molecule has 0 spiro atoms. The Hall–Kier alpha value is -1.52. The second kappa shape index (κ2) is 5.42. The highest BCUT2D eigenvalue weighted by molar-refractivity contribution is 5.75. The van der Waals surface area contributed by atoms with Gasteiger partial charge in [0.2, 0.25) is 0 Å². The van der Waals surface area contributed by atoms with Crippen molar-refractivity contribution >= 4 is 12.1 Å². The molecule has 2 rings (SSSR count). The summed E-state index contributed by atoms with van der Waals surface area (Å²) >= 11 is 0. The van der Waals surface area contributed by atoms with Gasteiger partial charge in [0, 0.05) is 12.6 Å². The predicted octanol–water partition coefficient (Wildman–Crippen LogP) is 1.88. The molecule has 18 heavy (non-hydrogen) atoms. The molecule has 0 aromatic rings. The molecule has 2 fully saturated rings. The summed E-state index contributed by atoms with van der Waals surface area (Å²) in [6.07, 6.45) is 5.00. The molecule has 1 N–H and O–H groups in total. The van der Waals surface area contributed by atoms with E-state index in [1.54, 1.807) is 4.90 Å². The van der Waals surface area contributed by atoms with Crippen molar-refractivity contribution in [1.82, 2.24) is 4.90 Å². The number of likely N-dealkylation sites (tertiary alicyclic amines) is 1. The van der Waals surface area contributed by atoms with Gasteiger partial charge in [-0.15, -0.1) is 0 Å². The van der Waals surface area contributed by atoms with Crippen LogP contribution >= 0.6 is 0 Å². The molecule has 1 heterocycles. The molecule has 0 aromatic heterocycles. The molecular formula is C13H19NO4. The van der Waals surface area contributed by atoms with Gasteiger partial charge in [0.05, 0.1) is 5.92 Å². The number of nitrogens with zero attached hydrogens (tertiary/aromatic N) is 1. The molecule has 2 aliphatic rings. The molecule has 5 heteroatoms. The van der Waals surface area contributed by atoms with Crippen molar-refractivity contribution < 1.29 is 19.4 Å². The van der Waals surface area contributed by atoms with Crippen molar-refractivity contribution in [3.63, 3.8) is 0 Å². The summed E-state index contributed by atoms with van der Waals surface area (Å²) in [6.45, 7) is 3.94. The highest BCUT2D eigenvalue weighted by atomic mass is 16.6. The number of carbonyl (C=O) groups excluding carboxylic acids is 1. The average molecular weight is 253 g/mol. The number of hydrogen-bond donors (Lipinski definition) is 1. The average Bonchev–Trinajstić information content (AvgIpc) is 2.75. The Morgan fingerprint density at radius 1 is 1.39 bits per heavy atom. The van der Waals surface area contributed by atoms with Gasteiger partial charge >= 0.3 is 12.1 Å². The number of ether oxygens (including phenoxy) is 1. The maximum Gasteiger partial charge on any atom is 0.410 e. The zero-order chi connectivity index (χ0) is 13.1. The minimum absolute atomic E-state index is 0.0390. The molecule has 0 radical (unpaired) electrons. The summed E-state index contributed by atoms with van der Waals surface area (Å²) in [4.78, 5) is 24.7. The highest BCUT2D eigenvalue weighted by Crippen LogP contribution is 2.40. The number of carboxylic acids is 1. The van der Waals surface area contributed by atoms with Crippen LogP contribution in [-0.2, 0) is 9.53 Å². The largest absolute Gasteiger partial charge is 0.481 e. The fourth-order valence-electron chi connectivity index (χ4n) is 3.16. The number of rotatable bonds is 3. The van der Waals surface area contributed by atoms with Crippen molar-refractivity contribution in [2.75, 3.05) is 13.2 Å². The van der Waals surface area contributed by atoms with E-state index < -0.39 is 18.0 Å². The van der Waals surface area contributed by atoms with Crippen LogP contribution in [0.2, 0.25) is 0 Å². The van der Waals surface area contributed by atoms with E-state index in [4.69, 9.17) is 4.74 Å². The molecule has 0 bridgehead atoms. The first kappa shape index (κ1) is 12.9. The Morgan fingerprint density at radius 3 is 2.78 bits per heavy atom. The van der Waals surface area contributed by atoms with Crippen LogP contribution in [-0.4, -0.2) is 41.3 Å². The number of fused-ring (bicyclic) bond motifs is 1. The Kier molecular flexibility index (Phi) is 3.89. The zero-order valence-corrected chi connectivity index (χ0v) is 10.4. The fraction of sp³-hybridized carbons (Fsp3) is 0.692. The van der Waals surface area contributed by atoms with Crippen LogP contribution in [0.5, 0.6) is 0 Å². The summed E-state index contributed by atoms with van der Waals surface area (Å²) in [5.74, 6) is -1.15. The number of carboxylic acid groups (broad SMARTS) is 1. The monoisotopic (exact) mass is 253 g/mol. The minimum Gasteiger partial charge on any atom is -0.481 e. The van der Waals surface area contributed by atoms with E-state index in [1.807, 2.05) is 0 Å². The predicted molar refractivity (Wildman–Crippen MR) is 65.1 cm³/mol. The second-order valence-corrected chi connectivity index (χ2v) is 4.98.